The number of rotatable bonds is 8. The Morgan fingerprint density at radius 3 is 2.25 bits per heavy atom. The summed E-state index contributed by atoms with van der Waals surface area (Å²) in [5.41, 5.74) is 0. The van der Waals surface area contributed by atoms with Crippen LogP contribution >= 0.6 is 0 Å². The maximum absolute atomic E-state index is 11.2. The Hall–Kier alpha value is -0.610. The first-order valence-electron chi connectivity index (χ1n) is 6.12. The van der Waals surface area contributed by atoms with Gasteiger partial charge in [0.05, 0.1) is 6.10 Å². The monoisotopic (exact) mass is 232 g/mol. The molecule has 4 heteroatoms. The molecule has 0 aromatic rings. The molecular weight excluding hydrogens is 208 g/mol. The Balaban J connectivity index is 4.18. The smallest absolute Gasteiger partial charge is 0.308 e. The molecule has 0 fully saturated rings. The van der Waals surface area contributed by atoms with Crippen LogP contribution in [0.1, 0.15) is 52.9 Å². The Morgan fingerprint density at radius 2 is 1.81 bits per heavy atom. The number of hydrogen-bond donors (Lipinski definition) is 2. The van der Waals surface area contributed by atoms with Crippen molar-refractivity contribution in [3.63, 3.8) is 0 Å². The number of hydrogen-bond acceptors (Lipinski definition) is 4. The van der Waals surface area contributed by atoms with Gasteiger partial charge in [0.15, 0.2) is 0 Å². The van der Waals surface area contributed by atoms with E-state index in [0.29, 0.717) is 25.7 Å². The van der Waals surface area contributed by atoms with Crippen molar-refractivity contribution in [3.05, 3.63) is 0 Å². The molecule has 0 spiro atoms. The molecular formula is C12H24O4. The van der Waals surface area contributed by atoms with Crippen LogP contribution in [-0.4, -0.2) is 28.6 Å². The molecule has 0 aliphatic rings. The Labute approximate surface area is 97.6 Å². The second kappa shape index (κ2) is 8.53. The van der Waals surface area contributed by atoms with Gasteiger partial charge in [0.2, 0.25) is 6.29 Å². The van der Waals surface area contributed by atoms with Gasteiger partial charge >= 0.3 is 5.97 Å². The zero-order chi connectivity index (χ0) is 12.6. The van der Waals surface area contributed by atoms with Crippen molar-refractivity contribution in [1.82, 2.24) is 0 Å². The van der Waals surface area contributed by atoms with E-state index in [1.54, 1.807) is 0 Å². The molecule has 0 saturated carbocycles. The molecule has 0 radical (unpaired) electrons. The predicted molar refractivity (Wildman–Crippen MR) is 61.7 cm³/mol. The summed E-state index contributed by atoms with van der Waals surface area (Å²) in [7, 11) is 0. The van der Waals surface area contributed by atoms with Crippen molar-refractivity contribution in [2.24, 2.45) is 5.92 Å². The highest BCUT2D eigenvalue weighted by molar-refractivity contribution is 5.69. The molecule has 0 rings (SSSR count). The van der Waals surface area contributed by atoms with Gasteiger partial charge in [0, 0.05) is 12.3 Å². The molecule has 0 bridgehead atoms. The molecule has 2 N–H and O–H groups in total. The topological polar surface area (TPSA) is 66.8 Å². The van der Waals surface area contributed by atoms with Gasteiger partial charge in [-0.25, -0.2) is 0 Å². The lowest BCUT2D eigenvalue weighted by Gasteiger charge is -2.25. The highest BCUT2D eigenvalue weighted by Gasteiger charge is 2.27. The van der Waals surface area contributed by atoms with Gasteiger partial charge in [0.25, 0.3) is 0 Å². The van der Waals surface area contributed by atoms with E-state index in [9.17, 15) is 15.0 Å². The van der Waals surface area contributed by atoms with Gasteiger partial charge in [-0.15, -0.1) is 0 Å². The van der Waals surface area contributed by atoms with Crippen LogP contribution < -0.4 is 0 Å². The quantitative estimate of drug-likeness (QED) is 0.495. The zero-order valence-electron chi connectivity index (χ0n) is 10.5. The lowest BCUT2D eigenvalue weighted by molar-refractivity contribution is -0.185. The van der Waals surface area contributed by atoms with Gasteiger partial charge in [0.1, 0.15) is 0 Å². The molecule has 0 amide bonds. The van der Waals surface area contributed by atoms with Crippen LogP contribution in [-0.2, 0) is 9.53 Å². The van der Waals surface area contributed by atoms with Crippen LogP contribution in [0.5, 0.6) is 0 Å². The van der Waals surface area contributed by atoms with Crippen LogP contribution in [0.3, 0.4) is 0 Å². The first-order chi connectivity index (χ1) is 7.56. The SMILES string of the molecule is CCCC(=O)OC(O)C(CC)C(O)CCC. The number of aliphatic hydroxyl groups is 2. The Bertz CT molecular complexity index is 193. The fourth-order valence-electron chi connectivity index (χ4n) is 1.66. The van der Waals surface area contributed by atoms with Crippen molar-refractivity contribution in [3.8, 4) is 0 Å². The zero-order valence-corrected chi connectivity index (χ0v) is 10.5. The van der Waals surface area contributed by atoms with Gasteiger partial charge in [-0.05, 0) is 19.3 Å². The van der Waals surface area contributed by atoms with E-state index >= 15 is 0 Å². The maximum Gasteiger partial charge on any atom is 0.308 e. The minimum absolute atomic E-state index is 0.303. The summed E-state index contributed by atoms with van der Waals surface area (Å²) >= 11 is 0. The van der Waals surface area contributed by atoms with Crippen LogP contribution in [0.25, 0.3) is 0 Å². The molecule has 16 heavy (non-hydrogen) atoms. The largest absolute Gasteiger partial charge is 0.436 e. The van der Waals surface area contributed by atoms with E-state index in [1.807, 2.05) is 20.8 Å². The van der Waals surface area contributed by atoms with Crippen molar-refractivity contribution in [2.75, 3.05) is 0 Å². The standard InChI is InChI=1S/C12H24O4/c1-4-7-10(13)9(6-3)12(15)16-11(14)8-5-2/h9-10,12-13,15H,4-8H2,1-3H3. The minimum atomic E-state index is -1.19. The molecule has 3 atom stereocenters. The Kier molecular flexibility index (Phi) is 8.21. The van der Waals surface area contributed by atoms with Crippen molar-refractivity contribution < 1.29 is 19.7 Å². The third-order valence-electron chi connectivity index (χ3n) is 2.62. The van der Waals surface area contributed by atoms with Crippen molar-refractivity contribution in [1.29, 1.82) is 0 Å². The molecule has 3 unspecified atom stereocenters. The highest BCUT2D eigenvalue weighted by atomic mass is 16.6. The Morgan fingerprint density at radius 1 is 1.19 bits per heavy atom. The average molecular weight is 232 g/mol. The van der Waals surface area contributed by atoms with E-state index in [2.05, 4.69) is 0 Å². The first kappa shape index (κ1) is 15.4. The molecule has 0 aromatic heterocycles. The molecule has 0 saturated heterocycles. The van der Waals surface area contributed by atoms with Crippen LogP contribution in [0.4, 0.5) is 0 Å². The molecule has 96 valence electrons. The summed E-state index contributed by atoms with van der Waals surface area (Å²) in [6.07, 6.45) is 1.23. The van der Waals surface area contributed by atoms with E-state index in [1.165, 1.54) is 0 Å². The van der Waals surface area contributed by atoms with E-state index in [-0.39, 0.29) is 5.92 Å². The number of carbonyl (C=O) groups is 1. The molecule has 0 aliphatic carbocycles. The second-order valence-electron chi connectivity index (χ2n) is 4.06. The summed E-state index contributed by atoms with van der Waals surface area (Å²) in [6.45, 7) is 5.70. The first-order valence-corrected chi connectivity index (χ1v) is 6.12. The maximum atomic E-state index is 11.2. The van der Waals surface area contributed by atoms with Gasteiger partial charge in [-0.2, -0.15) is 0 Å². The molecule has 4 nitrogen and oxygen atoms in total. The van der Waals surface area contributed by atoms with Gasteiger partial charge in [-0.1, -0.05) is 27.2 Å². The van der Waals surface area contributed by atoms with Crippen molar-refractivity contribution >= 4 is 5.97 Å². The summed E-state index contributed by atoms with van der Waals surface area (Å²) in [5.74, 6) is -0.794. The highest BCUT2D eigenvalue weighted by Crippen LogP contribution is 2.19. The predicted octanol–water partition coefficient (Wildman–Crippen LogP) is 1.84. The fraction of sp³-hybridized carbons (Fsp3) is 0.917. The van der Waals surface area contributed by atoms with Crippen LogP contribution in [0.15, 0.2) is 0 Å². The van der Waals surface area contributed by atoms with E-state index < -0.39 is 18.4 Å². The van der Waals surface area contributed by atoms with Crippen LogP contribution in [0.2, 0.25) is 0 Å². The third kappa shape index (κ3) is 5.47. The number of aliphatic hydroxyl groups excluding tert-OH is 2. The lowest BCUT2D eigenvalue weighted by atomic mass is 9.95. The van der Waals surface area contributed by atoms with Crippen molar-refractivity contribution in [2.45, 2.75) is 65.3 Å². The molecule has 0 aliphatic heterocycles. The van der Waals surface area contributed by atoms with Gasteiger partial charge in [-0.3, -0.25) is 4.79 Å². The summed E-state index contributed by atoms with van der Waals surface area (Å²) in [5, 5.41) is 19.5. The molecule has 0 aromatic carbocycles. The van der Waals surface area contributed by atoms with Crippen LogP contribution in [0, 0.1) is 5.92 Å². The number of esters is 1. The summed E-state index contributed by atoms with van der Waals surface area (Å²) in [4.78, 5) is 11.2. The minimum Gasteiger partial charge on any atom is -0.436 e. The van der Waals surface area contributed by atoms with Gasteiger partial charge < -0.3 is 14.9 Å². The van der Waals surface area contributed by atoms with E-state index in [4.69, 9.17) is 4.74 Å². The number of ether oxygens (including phenoxy) is 1. The fourth-order valence-corrected chi connectivity index (χ4v) is 1.66. The second-order valence-corrected chi connectivity index (χ2v) is 4.06. The average Bonchev–Trinajstić information content (AvgIpc) is 2.19. The summed E-state index contributed by atoms with van der Waals surface area (Å²) < 4.78 is 4.87. The lowest BCUT2D eigenvalue weighted by Crippen LogP contribution is -2.34. The third-order valence-corrected chi connectivity index (χ3v) is 2.62. The van der Waals surface area contributed by atoms with E-state index in [0.717, 1.165) is 6.42 Å². The molecule has 0 heterocycles. The normalized spacial score (nSPS) is 16.6. The number of carbonyl (C=O) groups excluding carboxylic acids is 1. The summed E-state index contributed by atoms with van der Waals surface area (Å²) in [6, 6.07) is 0.